The van der Waals surface area contributed by atoms with E-state index in [9.17, 15) is 13.2 Å². The normalized spacial score (nSPS) is 20.0. The monoisotopic (exact) mass is 458 g/mol. The Morgan fingerprint density at radius 1 is 0.964 bits per heavy atom. The van der Waals surface area contributed by atoms with Crippen molar-refractivity contribution in [3.8, 4) is 0 Å². The number of thiophene rings is 1. The molecule has 1 saturated carbocycles. The summed E-state index contributed by atoms with van der Waals surface area (Å²) in [6.45, 7) is 1.37. The summed E-state index contributed by atoms with van der Waals surface area (Å²) in [6, 6.07) is 10.6. The number of hydrogen-bond donors (Lipinski definition) is 0. The van der Waals surface area contributed by atoms with E-state index in [0.717, 1.165) is 36.2 Å². The molecule has 150 valence electrons. The average molecular weight is 459 g/mol. The van der Waals surface area contributed by atoms with Gasteiger partial charge in [0, 0.05) is 31.2 Å². The summed E-state index contributed by atoms with van der Waals surface area (Å²) < 4.78 is 27.6. The van der Waals surface area contributed by atoms with Gasteiger partial charge in [0.15, 0.2) is 0 Å². The molecular weight excluding hydrogens is 439 g/mol. The van der Waals surface area contributed by atoms with Gasteiger partial charge >= 0.3 is 0 Å². The van der Waals surface area contributed by atoms with E-state index in [1.165, 1.54) is 10.4 Å². The van der Waals surface area contributed by atoms with Crippen LogP contribution in [0.3, 0.4) is 0 Å². The molecule has 2 heterocycles. The van der Waals surface area contributed by atoms with Crippen LogP contribution in [0.15, 0.2) is 40.6 Å². The van der Waals surface area contributed by atoms with Gasteiger partial charge in [-0.1, -0.05) is 41.8 Å². The molecule has 0 atom stereocenters. The van der Waals surface area contributed by atoms with Crippen molar-refractivity contribution in [2.24, 2.45) is 0 Å². The molecule has 1 aliphatic carbocycles. The van der Waals surface area contributed by atoms with Crippen LogP contribution in [0, 0.1) is 0 Å². The molecule has 0 radical (unpaired) electrons. The second-order valence-corrected chi connectivity index (χ2v) is 11.5. The summed E-state index contributed by atoms with van der Waals surface area (Å²) in [4.78, 5) is 15.1. The molecule has 0 unspecified atom stereocenters. The Labute approximate surface area is 178 Å². The van der Waals surface area contributed by atoms with Gasteiger partial charge in [-0.15, -0.1) is 11.3 Å². The van der Waals surface area contributed by atoms with Gasteiger partial charge in [0.1, 0.15) is 4.21 Å². The number of carbonyl (C=O) groups is 1. The zero-order valence-corrected chi connectivity index (χ0v) is 18.3. The van der Waals surface area contributed by atoms with Crippen molar-refractivity contribution in [1.82, 2.24) is 9.21 Å². The molecule has 5 nitrogen and oxygen atoms in total. The first-order valence-corrected chi connectivity index (χ1v) is 12.2. The van der Waals surface area contributed by atoms with Crippen molar-refractivity contribution >= 4 is 50.5 Å². The highest BCUT2D eigenvalue weighted by Crippen LogP contribution is 2.45. The molecule has 1 amide bonds. The van der Waals surface area contributed by atoms with Gasteiger partial charge in [-0.2, -0.15) is 4.31 Å². The maximum absolute atomic E-state index is 13.3. The predicted molar refractivity (Wildman–Crippen MR) is 112 cm³/mol. The lowest BCUT2D eigenvalue weighted by molar-refractivity contribution is -0.142. The lowest BCUT2D eigenvalue weighted by atomic mass is 9.63. The number of amides is 1. The van der Waals surface area contributed by atoms with Crippen LogP contribution in [0.2, 0.25) is 9.36 Å². The fraction of sp³-hybridized carbons (Fsp3) is 0.421. The van der Waals surface area contributed by atoms with E-state index < -0.39 is 15.4 Å². The third kappa shape index (κ3) is 3.48. The smallest absolute Gasteiger partial charge is 0.252 e. The molecule has 2 aromatic rings. The van der Waals surface area contributed by atoms with Crippen LogP contribution in [0.25, 0.3) is 0 Å². The van der Waals surface area contributed by atoms with Crippen LogP contribution >= 0.6 is 34.5 Å². The predicted octanol–water partition coefficient (Wildman–Crippen LogP) is 4.01. The molecule has 0 bridgehead atoms. The van der Waals surface area contributed by atoms with E-state index in [0.29, 0.717) is 35.5 Å². The SMILES string of the molecule is O=C(N1CCN(S(=O)(=O)c2ccc(Cl)s2)CC1)C1(c2ccc(Cl)cc2)CCC1. The van der Waals surface area contributed by atoms with E-state index in [1.807, 2.05) is 24.3 Å². The fourth-order valence-electron chi connectivity index (χ4n) is 3.92. The Morgan fingerprint density at radius 3 is 2.11 bits per heavy atom. The Hall–Kier alpha value is -1.12. The van der Waals surface area contributed by atoms with Gasteiger partial charge in [-0.25, -0.2) is 8.42 Å². The molecule has 1 saturated heterocycles. The molecule has 2 fully saturated rings. The molecule has 28 heavy (non-hydrogen) atoms. The molecule has 1 aliphatic heterocycles. The standard InChI is InChI=1S/C19H20Cl2N2O3S2/c20-15-4-2-14(3-5-15)19(8-1-9-19)18(24)22-10-12-23(13-11-22)28(25,26)17-7-6-16(21)27-17/h2-7H,1,8-13H2. The third-order valence-corrected chi connectivity index (χ3v) is 9.53. The van der Waals surface area contributed by atoms with E-state index >= 15 is 0 Å². The molecule has 0 N–H and O–H groups in total. The van der Waals surface area contributed by atoms with Crippen molar-refractivity contribution in [2.75, 3.05) is 26.2 Å². The second-order valence-electron chi connectivity index (χ2n) is 7.20. The number of piperazine rings is 1. The number of rotatable bonds is 4. The van der Waals surface area contributed by atoms with Gasteiger partial charge in [0.2, 0.25) is 5.91 Å². The molecular formula is C19H20Cl2N2O3S2. The first-order valence-electron chi connectivity index (χ1n) is 9.14. The summed E-state index contributed by atoms with van der Waals surface area (Å²) in [6.07, 6.45) is 2.65. The van der Waals surface area contributed by atoms with Crippen LogP contribution in [0.1, 0.15) is 24.8 Å². The highest BCUT2D eigenvalue weighted by atomic mass is 35.5. The number of carbonyl (C=O) groups excluding carboxylic acids is 1. The summed E-state index contributed by atoms with van der Waals surface area (Å²) in [5, 5.41) is 0.651. The maximum Gasteiger partial charge on any atom is 0.252 e. The van der Waals surface area contributed by atoms with Crippen LogP contribution < -0.4 is 0 Å². The minimum absolute atomic E-state index is 0.0947. The van der Waals surface area contributed by atoms with Crippen molar-refractivity contribution < 1.29 is 13.2 Å². The van der Waals surface area contributed by atoms with Gasteiger partial charge in [0.05, 0.1) is 9.75 Å². The van der Waals surface area contributed by atoms with Crippen molar-refractivity contribution in [2.45, 2.75) is 28.9 Å². The zero-order valence-electron chi connectivity index (χ0n) is 15.1. The van der Waals surface area contributed by atoms with Gasteiger partial charge in [-0.05, 0) is 42.7 Å². The minimum atomic E-state index is -3.56. The Kier molecular flexibility index (Phi) is 5.48. The van der Waals surface area contributed by atoms with Crippen LogP contribution in [-0.2, 0) is 20.2 Å². The largest absolute Gasteiger partial charge is 0.339 e. The lowest BCUT2D eigenvalue weighted by Crippen LogP contribution is -2.57. The summed E-state index contributed by atoms with van der Waals surface area (Å²) in [7, 11) is -3.56. The van der Waals surface area contributed by atoms with E-state index in [4.69, 9.17) is 23.2 Å². The fourth-order valence-corrected chi connectivity index (χ4v) is 7.11. The Morgan fingerprint density at radius 2 is 1.61 bits per heavy atom. The minimum Gasteiger partial charge on any atom is -0.339 e. The molecule has 0 spiro atoms. The lowest BCUT2D eigenvalue weighted by Gasteiger charge is -2.45. The van der Waals surface area contributed by atoms with Crippen LogP contribution in [0.4, 0.5) is 0 Å². The Balaban J connectivity index is 1.47. The van der Waals surface area contributed by atoms with Crippen LogP contribution in [-0.4, -0.2) is 49.7 Å². The molecule has 2 aliphatic rings. The Bertz CT molecular complexity index is 977. The number of sulfonamides is 1. The van der Waals surface area contributed by atoms with Crippen molar-refractivity contribution in [3.05, 3.63) is 51.3 Å². The highest BCUT2D eigenvalue weighted by Gasteiger charge is 2.48. The van der Waals surface area contributed by atoms with E-state index in [2.05, 4.69) is 0 Å². The number of benzene rings is 1. The van der Waals surface area contributed by atoms with E-state index in [1.54, 1.807) is 11.0 Å². The number of hydrogen-bond acceptors (Lipinski definition) is 4. The van der Waals surface area contributed by atoms with Crippen molar-refractivity contribution in [3.63, 3.8) is 0 Å². The topological polar surface area (TPSA) is 57.7 Å². The quantitative estimate of drug-likeness (QED) is 0.695. The van der Waals surface area contributed by atoms with Gasteiger partial charge in [0.25, 0.3) is 10.0 Å². The molecule has 1 aromatic carbocycles. The summed E-state index contributed by atoms with van der Waals surface area (Å²) in [5.74, 6) is 0.0947. The average Bonchev–Trinajstić information content (AvgIpc) is 3.09. The summed E-state index contributed by atoms with van der Waals surface area (Å²) in [5.41, 5.74) is 0.504. The van der Waals surface area contributed by atoms with Gasteiger partial charge in [-0.3, -0.25) is 4.79 Å². The first kappa shape index (κ1) is 20.2. The zero-order chi connectivity index (χ0) is 19.9. The molecule has 1 aromatic heterocycles. The van der Waals surface area contributed by atoms with Crippen molar-refractivity contribution in [1.29, 1.82) is 0 Å². The number of halogens is 2. The van der Waals surface area contributed by atoms with E-state index in [-0.39, 0.29) is 10.1 Å². The van der Waals surface area contributed by atoms with Crippen LogP contribution in [0.5, 0.6) is 0 Å². The maximum atomic E-state index is 13.3. The first-order chi connectivity index (χ1) is 13.3. The van der Waals surface area contributed by atoms with Gasteiger partial charge < -0.3 is 4.90 Å². The third-order valence-electron chi connectivity index (χ3n) is 5.68. The molecule has 9 heteroatoms. The second kappa shape index (κ2) is 7.61. The summed E-state index contributed by atoms with van der Waals surface area (Å²) >= 11 is 12.9. The highest BCUT2D eigenvalue weighted by molar-refractivity contribution is 7.91. The number of nitrogens with zero attached hydrogens (tertiary/aromatic N) is 2. The molecule has 4 rings (SSSR count).